The fraction of sp³-hybridized carbons (Fsp3) is 0.0588. The monoisotopic (exact) mass is 439 g/mol. The zero-order valence-corrected chi connectivity index (χ0v) is 16.2. The highest BCUT2D eigenvalue weighted by Gasteiger charge is 2.23. The van der Waals surface area contributed by atoms with Crippen molar-refractivity contribution in [1.29, 1.82) is 0 Å². The second-order valence-electron chi connectivity index (χ2n) is 4.93. The maximum absolute atomic E-state index is 11.9. The average molecular weight is 441 g/mol. The number of amides is 1. The van der Waals surface area contributed by atoms with Crippen LogP contribution in [0.15, 0.2) is 51.8 Å². The minimum absolute atomic E-state index is 0.213. The molecule has 0 aliphatic carbocycles. The van der Waals surface area contributed by atoms with E-state index in [1.807, 2.05) is 30.3 Å². The third-order valence-corrected chi connectivity index (χ3v) is 5.16. The lowest BCUT2D eigenvalue weighted by Crippen LogP contribution is -2.17. The van der Waals surface area contributed by atoms with Crippen LogP contribution in [0.4, 0.5) is 0 Å². The summed E-state index contributed by atoms with van der Waals surface area (Å²) in [6, 6.07) is 13.4. The van der Waals surface area contributed by atoms with Crippen LogP contribution in [0.5, 0.6) is 5.75 Å². The summed E-state index contributed by atoms with van der Waals surface area (Å²) in [6.45, 7) is 0.412. The van der Waals surface area contributed by atoms with Crippen LogP contribution in [0.1, 0.15) is 11.1 Å². The number of thiocarbonyl (C=S) groups is 1. The maximum atomic E-state index is 11.9. The Hall–Kier alpha value is -1.34. The van der Waals surface area contributed by atoms with Crippen LogP contribution in [0.2, 0.25) is 5.02 Å². The zero-order valence-electron chi connectivity index (χ0n) is 12.2. The van der Waals surface area contributed by atoms with E-state index in [-0.39, 0.29) is 5.91 Å². The van der Waals surface area contributed by atoms with Crippen LogP contribution in [0, 0.1) is 0 Å². The molecule has 0 saturated carbocycles. The number of hydrogen-bond donors (Lipinski definition) is 1. The van der Waals surface area contributed by atoms with Gasteiger partial charge in [-0.05, 0) is 39.7 Å². The first-order valence-electron chi connectivity index (χ1n) is 6.93. The molecule has 2 aromatic carbocycles. The van der Waals surface area contributed by atoms with Crippen molar-refractivity contribution in [1.82, 2.24) is 5.32 Å². The fourth-order valence-corrected chi connectivity index (χ4v) is 4.12. The van der Waals surface area contributed by atoms with E-state index in [0.29, 0.717) is 32.2 Å². The molecule has 122 valence electrons. The number of nitrogens with one attached hydrogen (secondary N) is 1. The molecule has 1 heterocycles. The Bertz CT molecular complexity index is 840. The Morgan fingerprint density at radius 3 is 2.71 bits per heavy atom. The van der Waals surface area contributed by atoms with Gasteiger partial charge in [-0.2, -0.15) is 0 Å². The van der Waals surface area contributed by atoms with Crippen molar-refractivity contribution < 1.29 is 9.53 Å². The Labute approximate surface area is 162 Å². The molecular weight excluding hydrogens is 430 g/mol. The Morgan fingerprint density at radius 2 is 2.04 bits per heavy atom. The summed E-state index contributed by atoms with van der Waals surface area (Å²) in [5.41, 5.74) is 1.76. The first-order chi connectivity index (χ1) is 11.5. The zero-order chi connectivity index (χ0) is 17.1. The molecule has 1 saturated heterocycles. The molecule has 24 heavy (non-hydrogen) atoms. The molecule has 2 aromatic rings. The van der Waals surface area contributed by atoms with E-state index >= 15 is 0 Å². The lowest BCUT2D eigenvalue weighted by Gasteiger charge is -2.12. The molecule has 1 fully saturated rings. The van der Waals surface area contributed by atoms with Gasteiger partial charge in [0.1, 0.15) is 16.7 Å². The van der Waals surface area contributed by atoms with Gasteiger partial charge in [-0.3, -0.25) is 4.79 Å². The highest BCUT2D eigenvalue weighted by molar-refractivity contribution is 9.10. The Morgan fingerprint density at radius 1 is 1.29 bits per heavy atom. The standard InChI is InChI=1S/C17H11BrClNO2S2/c18-13-8-12(19)6-11(7-14-16(21)20-17(23)24-14)15(13)22-9-10-4-2-1-3-5-10/h1-8H,9H2,(H,20,21,23)/b14-7-. The SMILES string of the molecule is O=C1NC(=S)S/C1=C\c1cc(Cl)cc(Br)c1OCc1ccccc1. The lowest BCUT2D eigenvalue weighted by atomic mass is 10.1. The molecule has 0 bridgehead atoms. The predicted molar refractivity (Wildman–Crippen MR) is 106 cm³/mol. The van der Waals surface area contributed by atoms with Crippen molar-refractivity contribution in [2.45, 2.75) is 6.61 Å². The highest BCUT2D eigenvalue weighted by Crippen LogP contribution is 2.36. The number of benzene rings is 2. The molecule has 3 nitrogen and oxygen atoms in total. The molecule has 0 aromatic heterocycles. The van der Waals surface area contributed by atoms with Crippen molar-refractivity contribution in [2.75, 3.05) is 0 Å². The molecule has 1 aliphatic heterocycles. The number of carbonyl (C=O) groups is 1. The van der Waals surface area contributed by atoms with Crippen LogP contribution in [-0.4, -0.2) is 10.2 Å². The highest BCUT2D eigenvalue weighted by atomic mass is 79.9. The van der Waals surface area contributed by atoms with E-state index in [2.05, 4.69) is 21.2 Å². The van der Waals surface area contributed by atoms with Gasteiger partial charge in [0.2, 0.25) is 0 Å². The minimum atomic E-state index is -0.213. The van der Waals surface area contributed by atoms with E-state index in [1.54, 1.807) is 18.2 Å². The number of thioether (sulfide) groups is 1. The minimum Gasteiger partial charge on any atom is -0.487 e. The number of carbonyl (C=O) groups excluding carboxylic acids is 1. The normalized spacial score (nSPS) is 15.7. The molecule has 0 unspecified atom stereocenters. The fourth-order valence-electron chi connectivity index (χ4n) is 2.13. The largest absolute Gasteiger partial charge is 0.487 e. The van der Waals surface area contributed by atoms with Gasteiger partial charge in [-0.25, -0.2) is 0 Å². The van der Waals surface area contributed by atoms with Gasteiger partial charge in [0.25, 0.3) is 5.91 Å². The molecule has 0 radical (unpaired) electrons. The first-order valence-corrected chi connectivity index (χ1v) is 9.33. The summed E-state index contributed by atoms with van der Waals surface area (Å²) in [5, 5.41) is 3.14. The molecule has 7 heteroatoms. The maximum Gasteiger partial charge on any atom is 0.263 e. The lowest BCUT2D eigenvalue weighted by molar-refractivity contribution is -0.115. The number of hydrogen-bond acceptors (Lipinski definition) is 4. The van der Waals surface area contributed by atoms with E-state index in [1.165, 1.54) is 11.8 Å². The summed E-state index contributed by atoms with van der Waals surface area (Å²) >= 11 is 15.9. The number of halogens is 2. The summed E-state index contributed by atoms with van der Waals surface area (Å²) in [7, 11) is 0. The van der Waals surface area contributed by atoms with Gasteiger partial charge in [-0.15, -0.1) is 0 Å². The van der Waals surface area contributed by atoms with Crippen LogP contribution >= 0.6 is 51.5 Å². The van der Waals surface area contributed by atoms with Crippen LogP contribution in [-0.2, 0) is 11.4 Å². The summed E-state index contributed by atoms with van der Waals surface area (Å²) < 4.78 is 7.13. The van der Waals surface area contributed by atoms with E-state index in [9.17, 15) is 4.79 Å². The average Bonchev–Trinajstić information content (AvgIpc) is 2.85. The molecular formula is C17H11BrClNO2S2. The quantitative estimate of drug-likeness (QED) is 0.526. The Kier molecular flexibility index (Phi) is 5.61. The van der Waals surface area contributed by atoms with Crippen molar-refractivity contribution in [2.24, 2.45) is 0 Å². The third kappa shape index (κ3) is 4.19. The number of rotatable bonds is 4. The van der Waals surface area contributed by atoms with Crippen molar-refractivity contribution in [3.63, 3.8) is 0 Å². The molecule has 1 amide bonds. The van der Waals surface area contributed by atoms with Gasteiger partial charge >= 0.3 is 0 Å². The molecule has 1 aliphatic rings. The third-order valence-electron chi connectivity index (χ3n) is 3.19. The second kappa shape index (κ2) is 7.70. The topological polar surface area (TPSA) is 38.3 Å². The first kappa shape index (κ1) is 17.5. The number of ether oxygens (including phenoxy) is 1. The van der Waals surface area contributed by atoms with Crippen LogP contribution in [0.3, 0.4) is 0 Å². The van der Waals surface area contributed by atoms with Crippen LogP contribution in [0.25, 0.3) is 6.08 Å². The molecule has 0 spiro atoms. The van der Waals surface area contributed by atoms with Gasteiger partial charge in [-0.1, -0.05) is 65.9 Å². The second-order valence-corrected chi connectivity index (χ2v) is 7.94. The van der Waals surface area contributed by atoms with Crippen molar-refractivity contribution in [3.8, 4) is 5.75 Å². The predicted octanol–water partition coefficient (Wildman–Crippen LogP) is 5.17. The van der Waals surface area contributed by atoms with Gasteiger partial charge < -0.3 is 10.1 Å². The Balaban J connectivity index is 1.92. The summed E-state index contributed by atoms with van der Waals surface area (Å²) in [6.07, 6.45) is 1.73. The summed E-state index contributed by atoms with van der Waals surface area (Å²) in [5.74, 6) is 0.414. The molecule has 3 rings (SSSR count). The van der Waals surface area contributed by atoms with E-state index in [4.69, 9.17) is 28.6 Å². The molecule has 1 N–H and O–H groups in total. The van der Waals surface area contributed by atoms with Gasteiger partial charge in [0, 0.05) is 10.6 Å². The van der Waals surface area contributed by atoms with Gasteiger partial charge in [0.05, 0.1) is 9.38 Å². The van der Waals surface area contributed by atoms with E-state index < -0.39 is 0 Å². The van der Waals surface area contributed by atoms with Crippen molar-refractivity contribution in [3.05, 3.63) is 68.0 Å². The van der Waals surface area contributed by atoms with Gasteiger partial charge in [0.15, 0.2) is 0 Å². The van der Waals surface area contributed by atoms with Crippen LogP contribution < -0.4 is 10.1 Å². The van der Waals surface area contributed by atoms with Crippen molar-refractivity contribution >= 4 is 67.8 Å². The van der Waals surface area contributed by atoms with E-state index in [0.717, 1.165) is 10.0 Å². The summed E-state index contributed by atoms with van der Waals surface area (Å²) in [4.78, 5) is 12.4. The smallest absolute Gasteiger partial charge is 0.263 e. The molecule has 0 atom stereocenters.